The molecule has 0 aliphatic heterocycles. The first-order valence-corrected chi connectivity index (χ1v) is 7.77. The summed E-state index contributed by atoms with van der Waals surface area (Å²) in [7, 11) is 0. The van der Waals surface area contributed by atoms with E-state index >= 15 is 0 Å². The molecule has 0 spiro atoms. The lowest BCUT2D eigenvalue weighted by Crippen LogP contribution is -2.56. The van der Waals surface area contributed by atoms with Gasteiger partial charge in [-0.25, -0.2) is 0 Å². The highest BCUT2D eigenvalue weighted by Gasteiger charge is 2.49. The number of nitrogens with two attached hydrogens (primary N) is 1. The molecular formula is C13H19BrN4O6. The summed E-state index contributed by atoms with van der Waals surface area (Å²) < 4.78 is 6.14. The Bertz CT molecular complexity index is 668. The van der Waals surface area contributed by atoms with Crippen molar-refractivity contribution in [3.8, 4) is 0 Å². The molecule has 0 aliphatic rings. The van der Waals surface area contributed by atoms with Gasteiger partial charge in [-0.05, 0) is 37.1 Å². The van der Waals surface area contributed by atoms with Crippen LogP contribution in [0, 0.1) is 16.0 Å². The maximum Gasteiger partial charge on any atom is 0.382 e. The second-order valence-corrected chi connectivity index (χ2v) is 6.85. The van der Waals surface area contributed by atoms with Gasteiger partial charge in [0.25, 0.3) is 4.73 Å². The van der Waals surface area contributed by atoms with E-state index in [4.69, 9.17) is 10.5 Å². The molecule has 1 aromatic rings. The number of halogens is 1. The Kier molecular flexibility index (Phi) is 5.72. The molecule has 3 N–H and O–H groups in total. The summed E-state index contributed by atoms with van der Waals surface area (Å²) in [6, 6.07) is 0. The van der Waals surface area contributed by atoms with Gasteiger partial charge in [-0.3, -0.25) is 14.2 Å². The molecule has 0 aromatic carbocycles. The van der Waals surface area contributed by atoms with E-state index in [0.29, 0.717) is 0 Å². The summed E-state index contributed by atoms with van der Waals surface area (Å²) in [5.74, 6) is -4.86. The molecule has 2 unspecified atom stereocenters. The SMILES string of the molecule is CCC(N)(C(C(=O)O)C(=O)OC(C)(C)C)n1cc([N+](=O)[O-])nc1Br. The van der Waals surface area contributed by atoms with Crippen molar-refractivity contribution in [2.75, 3.05) is 0 Å². The lowest BCUT2D eigenvalue weighted by atomic mass is 9.90. The predicted molar refractivity (Wildman–Crippen MR) is 86.0 cm³/mol. The molecule has 0 fully saturated rings. The largest absolute Gasteiger partial charge is 0.480 e. The molecule has 0 saturated heterocycles. The van der Waals surface area contributed by atoms with Crippen LogP contribution in [-0.2, 0) is 20.0 Å². The van der Waals surface area contributed by atoms with Crippen LogP contribution >= 0.6 is 15.9 Å². The normalized spacial score (nSPS) is 15.4. The first-order valence-electron chi connectivity index (χ1n) is 6.97. The molecule has 11 heteroatoms. The number of nitrogens with zero attached hydrogens (tertiary/aromatic N) is 3. The molecule has 1 rings (SSSR count). The smallest absolute Gasteiger partial charge is 0.382 e. The molecule has 0 bridgehead atoms. The number of nitro groups is 1. The summed E-state index contributed by atoms with van der Waals surface area (Å²) >= 11 is 3.01. The fourth-order valence-electron chi connectivity index (χ4n) is 2.12. The van der Waals surface area contributed by atoms with Crippen molar-refractivity contribution in [2.45, 2.75) is 45.4 Å². The number of carbonyl (C=O) groups is 2. The van der Waals surface area contributed by atoms with Crippen LogP contribution in [0.4, 0.5) is 5.82 Å². The van der Waals surface area contributed by atoms with Crippen LogP contribution in [0.2, 0.25) is 0 Å². The minimum Gasteiger partial charge on any atom is -0.480 e. The number of carboxylic acid groups (broad SMARTS) is 1. The highest BCUT2D eigenvalue weighted by molar-refractivity contribution is 9.10. The Hall–Kier alpha value is -2.01. The monoisotopic (exact) mass is 406 g/mol. The fourth-order valence-corrected chi connectivity index (χ4v) is 2.73. The van der Waals surface area contributed by atoms with Gasteiger partial charge < -0.3 is 25.7 Å². The van der Waals surface area contributed by atoms with E-state index in [0.717, 1.165) is 10.8 Å². The summed E-state index contributed by atoms with van der Waals surface area (Å²) in [5, 5.41) is 20.4. The number of carbonyl (C=O) groups excluding carboxylic acids is 1. The summed E-state index contributed by atoms with van der Waals surface area (Å²) in [4.78, 5) is 37.8. The Morgan fingerprint density at radius 2 is 2.08 bits per heavy atom. The van der Waals surface area contributed by atoms with Crippen LogP contribution in [0.15, 0.2) is 10.9 Å². The fraction of sp³-hybridized carbons (Fsp3) is 0.615. The Morgan fingerprint density at radius 3 is 2.42 bits per heavy atom. The summed E-state index contributed by atoms with van der Waals surface area (Å²) in [5.41, 5.74) is 3.46. The standard InChI is InChI=1S/C13H19BrN4O6/c1-5-13(15,17-6-7(18(22)23)16-11(17)14)8(9(19)20)10(21)24-12(2,3)4/h6,8H,5,15H2,1-4H3,(H,19,20). The number of carboxylic acids is 1. The quantitative estimate of drug-likeness (QED) is 0.312. The van der Waals surface area contributed by atoms with Crippen molar-refractivity contribution < 1.29 is 24.4 Å². The highest BCUT2D eigenvalue weighted by Crippen LogP contribution is 2.32. The first kappa shape index (κ1) is 20.0. The molecular weight excluding hydrogens is 388 g/mol. The third-order valence-electron chi connectivity index (χ3n) is 3.24. The van der Waals surface area contributed by atoms with E-state index in [1.54, 1.807) is 27.7 Å². The number of imidazole rings is 1. The van der Waals surface area contributed by atoms with Crippen LogP contribution in [0.3, 0.4) is 0 Å². The van der Waals surface area contributed by atoms with Gasteiger partial charge >= 0.3 is 17.8 Å². The predicted octanol–water partition coefficient (Wildman–Crippen LogP) is 1.62. The molecule has 0 radical (unpaired) electrons. The molecule has 2 atom stereocenters. The third kappa shape index (κ3) is 4.09. The van der Waals surface area contributed by atoms with Crippen molar-refractivity contribution in [1.29, 1.82) is 0 Å². The van der Waals surface area contributed by atoms with E-state index in [2.05, 4.69) is 20.9 Å². The molecule has 0 aliphatic carbocycles. The van der Waals surface area contributed by atoms with Crippen LogP contribution in [0.1, 0.15) is 34.1 Å². The average Bonchev–Trinajstić information content (AvgIpc) is 2.78. The molecule has 1 heterocycles. The number of hydrogen-bond donors (Lipinski definition) is 2. The maximum atomic E-state index is 12.4. The van der Waals surface area contributed by atoms with E-state index < -0.39 is 39.9 Å². The topological polar surface area (TPSA) is 151 Å². The minimum absolute atomic E-state index is 0.0185. The van der Waals surface area contributed by atoms with Crippen molar-refractivity contribution >= 4 is 33.7 Å². The lowest BCUT2D eigenvalue weighted by molar-refractivity contribution is -0.389. The van der Waals surface area contributed by atoms with Gasteiger partial charge in [-0.1, -0.05) is 6.92 Å². The zero-order chi connectivity index (χ0) is 18.9. The minimum atomic E-state index is -1.81. The van der Waals surface area contributed by atoms with Gasteiger partial charge in [0.2, 0.25) is 0 Å². The lowest BCUT2D eigenvalue weighted by Gasteiger charge is -2.35. The molecule has 0 amide bonds. The van der Waals surface area contributed by atoms with Gasteiger partial charge in [0.05, 0.1) is 0 Å². The molecule has 24 heavy (non-hydrogen) atoms. The van der Waals surface area contributed by atoms with E-state index in [1.165, 1.54) is 0 Å². The van der Waals surface area contributed by atoms with Gasteiger partial charge in [0, 0.05) is 15.9 Å². The van der Waals surface area contributed by atoms with Crippen molar-refractivity contribution in [3.63, 3.8) is 0 Å². The number of rotatable bonds is 6. The van der Waals surface area contributed by atoms with Crippen LogP contribution in [-0.4, -0.2) is 37.1 Å². The summed E-state index contributed by atoms with van der Waals surface area (Å²) in [6.45, 7) is 6.32. The van der Waals surface area contributed by atoms with Crippen molar-refractivity contribution in [3.05, 3.63) is 21.0 Å². The second-order valence-electron chi connectivity index (χ2n) is 6.14. The van der Waals surface area contributed by atoms with Crippen LogP contribution in [0.5, 0.6) is 0 Å². The molecule has 10 nitrogen and oxygen atoms in total. The van der Waals surface area contributed by atoms with Crippen molar-refractivity contribution in [2.24, 2.45) is 11.7 Å². The zero-order valence-corrected chi connectivity index (χ0v) is 15.2. The zero-order valence-electron chi connectivity index (χ0n) is 13.6. The average molecular weight is 407 g/mol. The van der Waals surface area contributed by atoms with Gasteiger partial charge in [0.1, 0.15) is 17.5 Å². The van der Waals surface area contributed by atoms with Crippen molar-refractivity contribution in [1.82, 2.24) is 9.55 Å². The number of hydrogen-bond acceptors (Lipinski definition) is 7. The number of esters is 1. The first-order chi connectivity index (χ1) is 10.8. The highest BCUT2D eigenvalue weighted by atomic mass is 79.9. The number of aromatic nitrogens is 2. The third-order valence-corrected chi connectivity index (χ3v) is 3.80. The molecule has 0 saturated carbocycles. The number of ether oxygens (including phenoxy) is 1. The summed E-state index contributed by atoms with van der Waals surface area (Å²) in [6.07, 6.45) is 0.962. The molecule has 1 aromatic heterocycles. The van der Waals surface area contributed by atoms with E-state index in [1.807, 2.05) is 0 Å². The van der Waals surface area contributed by atoms with Gasteiger partial charge in [0.15, 0.2) is 5.92 Å². The van der Waals surface area contributed by atoms with E-state index in [9.17, 15) is 24.8 Å². The van der Waals surface area contributed by atoms with Crippen LogP contribution < -0.4 is 5.73 Å². The van der Waals surface area contributed by atoms with Gasteiger partial charge in [-0.2, -0.15) is 0 Å². The Balaban J connectivity index is 3.43. The van der Waals surface area contributed by atoms with E-state index in [-0.39, 0.29) is 11.2 Å². The number of aliphatic carboxylic acids is 1. The van der Waals surface area contributed by atoms with Gasteiger partial charge in [-0.15, -0.1) is 0 Å². The second kappa shape index (κ2) is 6.85. The molecule has 134 valence electrons. The Morgan fingerprint density at radius 1 is 1.54 bits per heavy atom. The Labute approximate surface area is 146 Å². The van der Waals surface area contributed by atoms with Crippen LogP contribution in [0.25, 0.3) is 0 Å². The maximum absolute atomic E-state index is 12.4.